The third-order valence-corrected chi connectivity index (χ3v) is 3.65. The summed E-state index contributed by atoms with van der Waals surface area (Å²) in [4.78, 5) is 0.165. The minimum atomic E-state index is -3.50. The van der Waals surface area contributed by atoms with Gasteiger partial charge in [0.25, 0.3) is 10.2 Å². The van der Waals surface area contributed by atoms with Crippen LogP contribution >= 0.6 is 12.2 Å². The highest BCUT2D eigenvalue weighted by atomic mass is 32.2. The summed E-state index contributed by atoms with van der Waals surface area (Å²) in [6, 6.07) is -0.328. The van der Waals surface area contributed by atoms with Crippen molar-refractivity contribution in [2.24, 2.45) is 5.73 Å². The number of nitrogens with one attached hydrogen (secondary N) is 1. The predicted molar refractivity (Wildman–Crippen MR) is 65.8 cm³/mol. The van der Waals surface area contributed by atoms with E-state index in [1.807, 2.05) is 0 Å². The molecule has 3 N–H and O–H groups in total. The zero-order chi connectivity index (χ0) is 12.2. The lowest BCUT2D eigenvalue weighted by Crippen LogP contribution is -2.49. The molecule has 15 heavy (non-hydrogen) atoms. The van der Waals surface area contributed by atoms with Gasteiger partial charge in [0.05, 0.1) is 11.5 Å². The number of hydrogen-bond acceptors (Lipinski definition) is 3. The highest BCUT2D eigenvalue weighted by Gasteiger charge is 2.25. The number of rotatable bonds is 6. The average Bonchev–Trinajstić information content (AvgIpc) is 1.96. The first kappa shape index (κ1) is 14.8. The van der Waals surface area contributed by atoms with Crippen molar-refractivity contribution >= 4 is 27.4 Å². The van der Waals surface area contributed by atoms with E-state index >= 15 is 0 Å². The number of nitrogens with zero attached hydrogens (tertiary/aromatic N) is 1. The average molecular weight is 253 g/mol. The molecule has 0 saturated carbocycles. The topological polar surface area (TPSA) is 75.4 Å². The SMILES string of the molecule is CC(C)NS(=O)(=O)N(CC(N)=S)C(C)C. The highest BCUT2D eigenvalue weighted by Crippen LogP contribution is 2.05. The van der Waals surface area contributed by atoms with Gasteiger partial charge in [0.1, 0.15) is 0 Å². The van der Waals surface area contributed by atoms with Crippen molar-refractivity contribution in [1.82, 2.24) is 9.03 Å². The maximum atomic E-state index is 11.8. The quantitative estimate of drug-likeness (QED) is 0.664. The van der Waals surface area contributed by atoms with Crippen LogP contribution in [0.5, 0.6) is 0 Å². The molecule has 0 amide bonds. The molecule has 0 heterocycles. The minimum Gasteiger partial charge on any atom is -0.392 e. The smallest absolute Gasteiger partial charge is 0.280 e. The van der Waals surface area contributed by atoms with Gasteiger partial charge in [-0.25, -0.2) is 0 Å². The van der Waals surface area contributed by atoms with E-state index in [2.05, 4.69) is 4.72 Å². The highest BCUT2D eigenvalue weighted by molar-refractivity contribution is 7.87. The fourth-order valence-corrected chi connectivity index (χ4v) is 2.88. The number of nitrogens with two attached hydrogens (primary N) is 1. The first-order chi connectivity index (χ1) is 6.66. The van der Waals surface area contributed by atoms with Gasteiger partial charge in [-0.1, -0.05) is 12.2 Å². The zero-order valence-corrected chi connectivity index (χ0v) is 11.2. The third-order valence-electron chi connectivity index (χ3n) is 1.58. The zero-order valence-electron chi connectivity index (χ0n) is 9.52. The van der Waals surface area contributed by atoms with Crippen LogP contribution in [0, 0.1) is 0 Å². The molecule has 0 aliphatic heterocycles. The van der Waals surface area contributed by atoms with Crippen LogP contribution in [0.3, 0.4) is 0 Å². The lowest BCUT2D eigenvalue weighted by Gasteiger charge is -2.26. The number of hydrogen-bond donors (Lipinski definition) is 2. The van der Waals surface area contributed by atoms with E-state index in [0.29, 0.717) is 0 Å². The van der Waals surface area contributed by atoms with Gasteiger partial charge in [-0.15, -0.1) is 0 Å². The molecular formula is C8H19N3O2S2. The molecule has 0 bridgehead atoms. The Kier molecular flexibility index (Phi) is 5.65. The first-order valence-electron chi connectivity index (χ1n) is 4.74. The molecule has 7 heteroatoms. The molecule has 0 fully saturated rings. The van der Waals surface area contributed by atoms with Crippen molar-refractivity contribution in [3.8, 4) is 0 Å². The van der Waals surface area contributed by atoms with Gasteiger partial charge in [-0.05, 0) is 27.7 Å². The summed E-state index contributed by atoms with van der Waals surface area (Å²) in [6.45, 7) is 7.14. The molecule has 0 radical (unpaired) electrons. The van der Waals surface area contributed by atoms with Crippen LogP contribution in [-0.2, 0) is 10.2 Å². The molecule has 0 saturated heterocycles. The van der Waals surface area contributed by atoms with Gasteiger partial charge in [-0.2, -0.15) is 17.4 Å². The minimum absolute atomic E-state index is 0.0645. The van der Waals surface area contributed by atoms with Crippen LogP contribution in [0.4, 0.5) is 0 Å². The van der Waals surface area contributed by atoms with Crippen molar-refractivity contribution in [2.75, 3.05) is 6.54 Å². The third kappa shape index (κ3) is 5.41. The maximum Gasteiger partial charge on any atom is 0.280 e. The molecule has 0 aromatic carbocycles. The molecule has 0 aromatic heterocycles. The van der Waals surface area contributed by atoms with Crippen LogP contribution in [0.1, 0.15) is 27.7 Å². The van der Waals surface area contributed by atoms with Crippen LogP contribution in [-0.4, -0.2) is 36.3 Å². The first-order valence-corrected chi connectivity index (χ1v) is 6.59. The second kappa shape index (κ2) is 5.74. The van der Waals surface area contributed by atoms with Crippen molar-refractivity contribution in [1.29, 1.82) is 0 Å². The van der Waals surface area contributed by atoms with Gasteiger partial charge in [0, 0.05) is 12.1 Å². The Hall–Kier alpha value is -0.240. The fraction of sp³-hybridized carbons (Fsp3) is 0.875. The van der Waals surface area contributed by atoms with E-state index in [0.717, 1.165) is 0 Å². The Morgan fingerprint density at radius 2 is 1.87 bits per heavy atom. The Labute approximate surface area is 97.2 Å². The van der Waals surface area contributed by atoms with Crippen LogP contribution in [0.2, 0.25) is 0 Å². The summed E-state index contributed by atoms with van der Waals surface area (Å²) in [5, 5.41) is 0. The van der Waals surface area contributed by atoms with Crippen molar-refractivity contribution in [3.05, 3.63) is 0 Å². The largest absolute Gasteiger partial charge is 0.392 e. The van der Waals surface area contributed by atoms with Crippen molar-refractivity contribution in [3.63, 3.8) is 0 Å². The summed E-state index contributed by atoms with van der Waals surface area (Å²) in [5.41, 5.74) is 5.36. The van der Waals surface area contributed by atoms with E-state index in [-0.39, 0.29) is 23.6 Å². The molecule has 0 aliphatic carbocycles. The summed E-state index contributed by atoms with van der Waals surface area (Å²) in [7, 11) is -3.50. The lowest BCUT2D eigenvalue weighted by atomic mass is 10.4. The second-order valence-electron chi connectivity index (χ2n) is 3.88. The molecule has 0 spiro atoms. The molecule has 0 atom stereocenters. The molecular weight excluding hydrogens is 234 g/mol. The van der Waals surface area contributed by atoms with E-state index in [4.69, 9.17) is 18.0 Å². The van der Waals surface area contributed by atoms with Gasteiger partial charge < -0.3 is 5.73 Å². The second-order valence-corrected chi connectivity index (χ2v) is 6.06. The predicted octanol–water partition coefficient (Wildman–Crippen LogP) is 0.226. The van der Waals surface area contributed by atoms with Crippen LogP contribution in [0.15, 0.2) is 0 Å². The molecule has 5 nitrogen and oxygen atoms in total. The van der Waals surface area contributed by atoms with Gasteiger partial charge in [0.15, 0.2) is 0 Å². The van der Waals surface area contributed by atoms with E-state index in [1.54, 1.807) is 27.7 Å². The Bertz CT molecular complexity index is 312. The molecule has 0 aliphatic rings. The monoisotopic (exact) mass is 253 g/mol. The van der Waals surface area contributed by atoms with Crippen LogP contribution in [0.25, 0.3) is 0 Å². The molecule has 90 valence electrons. The Morgan fingerprint density at radius 1 is 1.40 bits per heavy atom. The molecule has 0 aromatic rings. The van der Waals surface area contributed by atoms with Gasteiger partial charge in [-0.3, -0.25) is 0 Å². The standard InChI is InChI=1S/C8H19N3O2S2/c1-6(2)10-15(12,13)11(7(3)4)5-8(9)14/h6-7,10H,5H2,1-4H3,(H2,9,14). The summed E-state index contributed by atoms with van der Waals surface area (Å²) < 4.78 is 27.4. The normalized spacial score (nSPS) is 12.7. The van der Waals surface area contributed by atoms with E-state index in [9.17, 15) is 8.42 Å². The van der Waals surface area contributed by atoms with E-state index < -0.39 is 10.2 Å². The summed E-state index contributed by atoms with van der Waals surface area (Å²) >= 11 is 4.72. The summed E-state index contributed by atoms with van der Waals surface area (Å²) in [5.74, 6) is 0. The van der Waals surface area contributed by atoms with Gasteiger partial charge >= 0.3 is 0 Å². The number of thiocarbonyl (C=S) groups is 1. The molecule has 0 unspecified atom stereocenters. The van der Waals surface area contributed by atoms with Crippen molar-refractivity contribution < 1.29 is 8.42 Å². The van der Waals surface area contributed by atoms with Crippen molar-refractivity contribution in [2.45, 2.75) is 39.8 Å². The van der Waals surface area contributed by atoms with E-state index in [1.165, 1.54) is 4.31 Å². The lowest BCUT2D eigenvalue weighted by molar-refractivity contribution is 0.380. The Balaban J connectivity index is 4.83. The Morgan fingerprint density at radius 3 is 2.13 bits per heavy atom. The molecule has 0 rings (SSSR count). The van der Waals surface area contributed by atoms with Crippen LogP contribution < -0.4 is 10.5 Å². The fourth-order valence-electron chi connectivity index (χ4n) is 1.06. The maximum absolute atomic E-state index is 11.8. The van der Waals surface area contributed by atoms with Gasteiger partial charge in [0.2, 0.25) is 0 Å². The summed E-state index contributed by atoms with van der Waals surface area (Å²) in [6.07, 6.45) is 0.